The smallest absolute Gasteiger partial charge is 0.185 e. The Morgan fingerprint density at radius 1 is 1.25 bits per heavy atom. The zero-order valence-electron chi connectivity index (χ0n) is 13.0. The van der Waals surface area contributed by atoms with Crippen molar-refractivity contribution in [3.05, 3.63) is 11.6 Å². The van der Waals surface area contributed by atoms with E-state index in [1.54, 1.807) is 11.3 Å². The summed E-state index contributed by atoms with van der Waals surface area (Å²) < 4.78 is 0. The Bertz CT molecular complexity index is 358. The summed E-state index contributed by atoms with van der Waals surface area (Å²) in [5, 5.41) is 6.78. The quantitative estimate of drug-likeness (QED) is 0.782. The van der Waals surface area contributed by atoms with E-state index < -0.39 is 0 Å². The molecule has 1 unspecified atom stereocenters. The summed E-state index contributed by atoms with van der Waals surface area (Å²) in [6.45, 7) is 13.7. The average molecular weight is 296 g/mol. The fourth-order valence-electron chi connectivity index (χ4n) is 2.61. The van der Waals surface area contributed by atoms with Gasteiger partial charge in [-0.15, -0.1) is 11.3 Å². The molecule has 4 nitrogen and oxygen atoms in total. The third kappa shape index (κ3) is 4.72. The van der Waals surface area contributed by atoms with Crippen molar-refractivity contribution in [2.45, 2.75) is 33.2 Å². The highest BCUT2D eigenvalue weighted by Crippen LogP contribution is 2.19. The SMILES string of the molecule is CC(C)CNCCC(C)N1CCN(c2nccs2)CC1. The summed E-state index contributed by atoms with van der Waals surface area (Å²) in [5.74, 6) is 0.743. The van der Waals surface area contributed by atoms with Crippen LogP contribution >= 0.6 is 11.3 Å². The summed E-state index contributed by atoms with van der Waals surface area (Å²) >= 11 is 1.74. The molecule has 1 saturated heterocycles. The predicted molar refractivity (Wildman–Crippen MR) is 87.7 cm³/mol. The second-order valence-corrected chi connectivity index (χ2v) is 6.95. The van der Waals surface area contributed by atoms with E-state index in [-0.39, 0.29) is 0 Å². The van der Waals surface area contributed by atoms with Gasteiger partial charge in [0, 0.05) is 43.8 Å². The number of aromatic nitrogens is 1. The summed E-state index contributed by atoms with van der Waals surface area (Å²) in [6, 6.07) is 0.674. The molecule has 1 aromatic heterocycles. The molecule has 5 heteroatoms. The Kier molecular flexibility index (Phi) is 6.26. The van der Waals surface area contributed by atoms with Crippen LogP contribution in [0.3, 0.4) is 0 Å². The first-order chi connectivity index (χ1) is 9.66. The predicted octanol–water partition coefficient (Wildman–Crippen LogP) is 2.29. The molecule has 0 saturated carbocycles. The highest BCUT2D eigenvalue weighted by atomic mass is 32.1. The molecule has 20 heavy (non-hydrogen) atoms. The second kappa shape index (κ2) is 7.96. The fraction of sp³-hybridized carbons (Fsp3) is 0.800. The number of rotatable bonds is 7. The first-order valence-corrected chi connectivity index (χ1v) is 8.64. The van der Waals surface area contributed by atoms with Gasteiger partial charge in [0.15, 0.2) is 5.13 Å². The minimum Gasteiger partial charge on any atom is -0.346 e. The van der Waals surface area contributed by atoms with Crippen molar-refractivity contribution in [3.8, 4) is 0 Å². The van der Waals surface area contributed by atoms with Crippen LogP contribution in [0.25, 0.3) is 0 Å². The summed E-state index contributed by atoms with van der Waals surface area (Å²) in [4.78, 5) is 9.42. The molecule has 0 radical (unpaired) electrons. The topological polar surface area (TPSA) is 31.4 Å². The van der Waals surface area contributed by atoms with Gasteiger partial charge in [0.05, 0.1) is 0 Å². The maximum Gasteiger partial charge on any atom is 0.185 e. The van der Waals surface area contributed by atoms with Crippen molar-refractivity contribution in [2.24, 2.45) is 5.92 Å². The largest absolute Gasteiger partial charge is 0.346 e. The summed E-state index contributed by atoms with van der Waals surface area (Å²) in [6.07, 6.45) is 3.14. The van der Waals surface area contributed by atoms with Gasteiger partial charge in [0.1, 0.15) is 0 Å². The number of hydrogen-bond acceptors (Lipinski definition) is 5. The Labute approximate surface area is 127 Å². The summed E-state index contributed by atoms with van der Waals surface area (Å²) in [5.41, 5.74) is 0. The minimum atomic E-state index is 0.674. The van der Waals surface area contributed by atoms with Crippen LogP contribution < -0.4 is 10.2 Å². The maximum absolute atomic E-state index is 4.40. The van der Waals surface area contributed by atoms with Crippen molar-refractivity contribution in [2.75, 3.05) is 44.2 Å². The molecule has 1 atom stereocenters. The Morgan fingerprint density at radius 3 is 2.60 bits per heavy atom. The zero-order chi connectivity index (χ0) is 14.4. The van der Waals surface area contributed by atoms with E-state index in [9.17, 15) is 0 Å². The highest BCUT2D eigenvalue weighted by molar-refractivity contribution is 7.13. The van der Waals surface area contributed by atoms with Crippen LogP contribution in [0.2, 0.25) is 0 Å². The van der Waals surface area contributed by atoms with Crippen LogP contribution in [-0.2, 0) is 0 Å². The third-order valence-electron chi connectivity index (χ3n) is 3.92. The molecule has 2 rings (SSSR count). The second-order valence-electron chi connectivity index (χ2n) is 6.07. The lowest BCUT2D eigenvalue weighted by Gasteiger charge is -2.38. The van der Waals surface area contributed by atoms with Crippen LogP contribution in [0.1, 0.15) is 27.2 Å². The average Bonchev–Trinajstić information content (AvgIpc) is 2.97. The van der Waals surface area contributed by atoms with Crippen molar-refractivity contribution >= 4 is 16.5 Å². The third-order valence-corrected chi connectivity index (χ3v) is 4.75. The van der Waals surface area contributed by atoms with Crippen LogP contribution in [0.15, 0.2) is 11.6 Å². The fourth-order valence-corrected chi connectivity index (χ4v) is 3.31. The molecule has 1 N–H and O–H groups in total. The van der Waals surface area contributed by atoms with Gasteiger partial charge < -0.3 is 10.2 Å². The Balaban J connectivity index is 1.65. The van der Waals surface area contributed by atoms with E-state index in [2.05, 4.69) is 46.3 Å². The molecule has 1 aliphatic heterocycles. The van der Waals surface area contributed by atoms with Crippen molar-refractivity contribution in [1.82, 2.24) is 15.2 Å². The molecule has 0 aliphatic carbocycles. The van der Waals surface area contributed by atoms with E-state index in [0.29, 0.717) is 6.04 Å². The highest BCUT2D eigenvalue weighted by Gasteiger charge is 2.21. The minimum absolute atomic E-state index is 0.674. The van der Waals surface area contributed by atoms with E-state index >= 15 is 0 Å². The molecular weight excluding hydrogens is 268 g/mol. The molecule has 1 fully saturated rings. The molecule has 1 aromatic rings. The number of thiazole rings is 1. The number of nitrogens with one attached hydrogen (secondary N) is 1. The van der Waals surface area contributed by atoms with Crippen LogP contribution in [0.5, 0.6) is 0 Å². The first kappa shape index (κ1) is 15.7. The van der Waals surface area contributed by atoms with Gasteiger partial charge in [-0.05, 0) is 32.4 Å². The van der Waals surface area contributed by atoms with Gasteiger partial charge in [-0.2, -0.15) is 0 Å². The van der Waals surface area contributed by atoms with Crippen LogP contribution in [0.4, 0.5) is 5.13 Å². The molecule has 0 spiro atoms. The molecule has 0 bridgehead atoms. The van der Waals surface area contributed by atoms with E-state index in [4.69, 9.17) is 0 Å². The number of hydrogen-bond donors (Lipinski definition) is 1. The normalized spacial score (nSPS) is 18.7. The monoisotopic (exact) mass is 296 g/mol. The maximum atomic E-state index is 4.40. The standard InChI is InChI=1S/C15H28N4S/c1-13(2)12-16-5-4-14(3)18-7-9-19(10-8-18)15-17-6-11-20-15/h6,11,13-14,16H,4-5,7-10,12H2,1-3H3. The molecule has 0 amide bonds. The Hall–Kier alpha value is -0.650. The van der Waals surface area contributed by atoms with Gasteiger partial charge in [-0.25, -0.2) is 4.98 Å². The van der Waals surface area contributed by atoms with Gasteiger partial charge in [0.25, 0.3) is 0 Å². The van der Waals surface area contributed by atoms with Gasteiger partial charge in [0.2, 0.25) is 0 Å². The number of anilines is 1. The number of nitrogens with zero attached hydrogens (tertiary/aromatic N) is 3. The van der Waals surface area contributed by atoms with Gasteiger partial charge in [-0.3, -0.25) is 4.90 Å². The first-order valence-electron chi connectivity index (χ1n) is 7.76. The van der Waals surface area contributed by atoms with Crippen molar-refractivity contribution < 1.29 is 0 Å². The van der Waals surface area contributed by atoms with Crippen molar-refractivity contribution in [1.29, 1.82) is 0 Å². The Morgan fingerprint density at radius 2 is 2.00 bits per heavy atom. The van der Waals surface area contributed by atoms with E-state index in [1.165, 1.54) is 11.6 Å². The molecular formula is C15H28N4S. The molecule has 1 aliphatic rings. The van der Waals surface area contributed by atoms with E-state index in [1.807, 2.05) is 6.20 Å². The van der Waals surface area contributed by atoms with Crippen LogP contribution in [0, 0.1) is 5.92 Å². The van der Waals surface area contributed by atoms with Crippen molar-refractivity contribution in [3.63, 3.8) is 0 Å². The molecule has 114 valence electrons. The lowest BCUT2D eigenvalue weighted by atomic mass is 10.1. The number of piperazine rings is 1. The lowest BCUT2D eigenvalue weighted by molar-refractivity contribution is 0.187. The van der Waals surface area contributed by atoms with Gasteiger partial charge >= 0.3 is 0 Å². The molecule has 0 aromatic carbocycles. The van der Waals surface area contributed by atoms with E-state index in [0.717, 1.165) is 45.2 Å². The molecule has 2 heterocycles. The zero-order valence-corrected chi connectivity index (χ0v) is 13.8. The lowest BCUT2D eigenvalue weighted by Crippen LogP contribution is -2.50. The summed E-state index contributed by atoms with van der Waals surface area (Å²) in [7, 11) is 0. The van der Waals surface area contributed by atoms with Gasteiger partial charge in [-0.1, -0.05) is 13.8 Å². The van der Waals surface area contributed by atoms with Crippen LogP contribution in [-0.4, -0.2) is 55.2 Å².